The van der Waals surface area contributed by atoms with E-state index in [4.69, 9.17) is 17.3 Å². The lowest BCUT2D eigenvalue weighted by Gasteiger charge is -2.37. The molecule has 0 spiro atoms. The molecule has 3 amide bonds. The maximum atomic E-state index is 14.5. The van der Waals surface area contributed by atoms with Crippen LogP contribution in [0.3, 0.4) is 0 Å². The van der Waals surface area contributed by atoms with E-state index in [2.05, 4.69) is 25.7 Å². The first-order valence-corrected chi connectivity index (χ1v) is 15.7. The summed E-state index contributed by atoms with van der Waals surface area (Å²) in [6.07, 6.45) is -0.264. The first-order chi connectivity index (χ1) is 23.3. The zero-order chi connectivity index (χ0) is 35.0. The number of halogens is 5. The van der Waals surface area contributed by atoms with E-state index in [1.807, 2.05) is 0 Å². The third-order valence-electron chi connectivity index (χ3n) is 8.53. The summed E-state index contributed by atoms with van der Waals surface area (Å²) >= 11 is 6.46. The molecular formula is C31H31ClF4N10O3. The van der Waals surface area contributed by atoms with Gasteiger partial charge in [-0.05, 0) is 44.1 Å². The second-order valence-corrected chi connectivity index (χ2v) is 12.1. The van der Waals surface area contributed by atoms with Crippen LogP contribution in [0.15, 0.2) is 42.9 Å². The number of pyridine rings is 1. The lowest BCUT2D eigenvalue weighted by atomic mass is 9.96. The minimum Gasteiger partial charge on any atom is -0.397 e. The molecule has 3 aromatic heterocycles. The first kappa shape index (κ1) is 33.9. The van der Waals surface area contributed by atoms with Gasteiger partial charge in [-0.3, -0.25) is 14.4 Å². The zero-order valence-corrected chi connectivity index (χ0v) is 26.9. The number of piperidine rings is 1. The van der Waals surface area contributed by atoms with Crippen LogP contribution in [-0.2, 0) is 18.0 Å². The Labute approximate surface area is 282 Å². The number of amides is 3. The van der Waals surface area contributed by atoms with E-state index in [9.17, 15) is 31.9 Å². The molecule has 5 heterocycles. The number of anilines is 2. The molecule has 0 saturated carbocycles. The minimum atomic E-state index is -4.94. The Balaban J connectivity index is 1.14. The predicted molar refractivity (Wildman–Crippen MR) is 170 cm³/mol. The Morgan fingerprint density at radius 1 is 1.02 bits per heavy atom. The van der Waals surface area contributed by atoms with Crippen LogP contribution in [0.5, 0.6) is 0 Å². The maximum Gasteiger partial charge on any atom is 0.435 e. The Bertz CT molecular complexity index is 1910. The van der Waals surface area contributed by atoms with Crippen molar-refractivity contribution in [2.75, 3.05) is 50.3 Å². The number of carbonyl (C=O) groups excluding carboxylic acids is 3. The fourth-order valence-corrected chi connectivity index (χ4v) is 6.21. The number of rotatable bonds is 6. The summed E-state index contributed by atoms with van der Waals surface area (Å²) in [7, 11) is 1.34. The van der Waals surface area contributed by atoms with Gasteiger partial charge in [-0.2, -0.15) is 18.3 Å². The number of hydrogen-bond donors (Lipinski definition) is 3. The molecule has 2 aliphatic rings. The van der Waals surface area contributed by atoms with Gasteiger partial charge in [0.05, 0.1) is 39.9 Å². The Morgan fingerprint density at radius 3 is 2.37 bits per heavy atom. The van der Waals surface area contributed by atoms with Crippen molar-refractivity contribution < 1.29 is 31.9 Å². The van der Waals surface area contributed by atoms with Gasteiger partial charge >= 0.3 is 6.18 Å². The monoisotopic (exact) mass is 702 g/mol. The van der Waals surface area contributed by atoms with Crippen molar-refractivity contribution in [3.63, 3.8) is 0 Å². The predicted octanol–water partition coefficient (Wildman–Crippen LogP) is 3.60. The number of nitrogens with one attached hydrogen (secondary N) is 2. The van der Waals surface area contributed by atoms with Crippen molar-refractivity contribution in [1.29, 1.82) is 0 Å². The fraction of sp³-hybridized carbons (Fsp3) is 0.355. The van der Waals surface area contributed by atoms with Crippen LogP contribution in [0.25, 0.3) is 17.1 Å². The van der Waals surface area contributed by atoms with Crippen LogP contribution in [0.1, 0.15) is 39.5 Å². The first-order valence-electron chi connectivity index (χ1n) is 15.3. The van der Waals surface area contributed by atoms with E-state index < -0.39 is 35.0 Å². The molecule has 13 nitrogen and oxygen atoms in total. The number of aromatic nitrogens is 5. The Kier molecular flexibility index (Phi) is 9.30. The van der Waals surface area contributed by atoms with Crippen molar-refractivity contribution in [2.24, 2.45) is 13.0 Å². The molecule has 6 rings (SSSR count). The van der Waals surface area contributed by atoms with E-state index in [0.717, 1.165) is 55.2 Å². The van der Waals surface area contributed by atoms with Crippen LogP contribution in [-0.4, -0.2) is 91.1 Å². The Morgan fingerprint density at radius 2 is 1.71 bits per heavy atom. The third kappa shape index (κ3) is 6.94. The molecule has 0 unspecified atom stereocenters. The van der Waals surface area contributed by atoms with Gasteiger partial charge in [0, 0.05) is 57.1 Å². The molecule has 2 saturated heterocycles. The number of nitrogen functional groups attached to an aromatic ring is 1. The number of nitrogens with two attached hydrogens (primary N) is 1. The molecule has 0 bridgehead atoms. The molecule has 18 heteroatoms. The molecule has 0 aliphatic carbocycles. The highest BCUT2D eigenvalue weighted by molar-refractivity contribution is 6.34. The number of hydrogen-bond acceptors (Lipinski definition) is 8. The van der Waals surface area contributed by atoms with Crippen LogP contribution >= 0.6 is 11.6 Å². The van der Waals surface area contributed by atoms with Crippen molar-refractivity contribution in [1.82, 2.24) is 39.4 Å². The highest BCUT2D eigenvalue weighted by atomic mass is 35.5. The largest absolute Gasteiger partial charge is 0.435 e. The third-order valence-corrected chi connectivity index (χ3v) is 8.85. The molecular weight excluding hydrogens is 672 g/mol. The highest BCUT2D eigenvalue weighted by Crippen LogP contribution is 2.37. The second-order valence-electron chi connectivity index (χ2n) is 11.7. The molecule has 2 fully saturated rings. The van der Waals surface area contributed by atoms with Gasteiger partial charge < -0.3 is 30.7 Å². The summed E-state index contributed by atoms with van der Waals surface area (Å²) in [5, 5.41) is 9.43. The topological polar surface area (TPSA) is 156 Å². The van der Waals surface area contributed by atoms with E-state index in [-0.39, 0.29) is 51.2 Å². The van der Waals surface area contributed by atoms with Gasteiger partial charge in [0.15, 0.2) is 23.2 Å². The number of piperazine rings is 1. The molecule has 4 N–H and O–H groups in total. The number of carbonyl (C=O) groups is 3. The molecule has 49 heavy (non-hydrogen) atoms. The van der Waals surface area contributed by atoms with Gasteiger partial charge in [0.1, 0.15) is 0 Å². The molecule has 258 valence electrons. The van der Waals surface area contributed by atoms with Crippen LogP contribution < -0.4 is 16.4 Å². The van der Waals surface area contributed by atoms with Gasteiger partial charge in [0.2, 0.25) is 5.91 Å². The minimum absolute atomic E-state index is 0.00164. The van der Waals surface area contributed by atoms with Gasteiger partial charge in [-0.15, -0.1) is 0 Å². The highest BCUT2D eigenvalue weighted by Gasteiger charge is 2.39. The molecule has 4 aromatic rings. The summed E-state index contributed by atoms with van der Waals surface area (Å²) in [4.78, 5) is 50.5. The van der Waals surface area contributed by atoms with Crippen molar-refractivity contribution in [3.05, 3.63) is 70.8 Å². The SMILES string of the molecule is Cn1c(-c2cn(-c3ncc(N)cc3F)nc2C(F)(F)F)cnc1C(=O)Nc1ccc(C(=O)N2CCN(C(=O)C3CCNCC3)CC2)c(Cl)c1. The van der Waals surface area contributed by atoms with Crippen molar-refractivity contribution in [2.45, 2.75) is 19.0 Å². The zero-order valence-electron chi connectivity index (χ0n) is 26.1. The van der Waals surface area contributed by atoms with E-state index in [1.165, 1.54) is 25.2 Å². The summed E-state index contributed by atoms with van der Waals surface area (Å²) in [5.41, 5.74) is 3.95. The normalized spacial score (nSPS) is 15.8. The van der Waals surface area contributed by atoms with Gasteiger partial charge in [0.25, 0.3) is 11.8 Å². The van der Waals surface area contributed by atoms with Gasteiger partial charge in [-0.1, -0.05) is 11.6 Å². The quantitative estimate of drug-likeness (QED) is 0.258. The second kappa shape index (κ2) is 13.5. The van der Waals surface area contributed by atoms with Gasteiger partial charge in [-0.25, -0.2) is 19.0 Å². The van der Waals surface area contributed by atoms with E-state index >= 15 is 0 Å². The number of nitrogens with zero attached hydrogens (tertiary/aromatic N) is 7. The van der Waals surface area contributed by atoms with E-state index in [0.29, 0.717) is 30.9 Å². The van der Waals surface area contributed by atoms with Crippen LogP contribution in [0.2, 0.25) is 5.02 Å². The van der Waals surface area contributed by atoms with Crippen molar-refractivity contribution in [3.8, 4) is 17.1 Å². The van der Waals surface area contributed by atoms with Crippen LogP contribution in [0, 0.1) is 11.7 Å². The van der Waals surface area contributed by atoms with E-state index in [1.54, 1.807) is 9.80 Å². The average Bonchev–Trinajstić information content (AvgIpc) is 3.68. The summed E-state index contributed by atoms with van der Waals surface area (Å²) < 4.78 is 58.2. The Hall–Kier alpha value is -5.03. The summed E-state index contributed by atoms with van der Waals surface area (Å²) in [5.74, 6) is -2.71. The standard InChI is InChI=1S/C31H31ClF4N10O3/c1-43-24(21-16-46(42-25(21)31(34,35)36)26-23(33)12-18(37)14-39-26)15-40-27(43)28(47)41-19-2-3-20(22(32)13-19)30(49)45-10-8-44(9-11-45)29(48)17-4-6-38-7-5-17/h2-3,12-17,38H,4-11,37H2,1H3,(H,41,47). The van der Waals surface area contributed by atoms with Crippen molar-refractivity contribution >= 4 is 40.7 Å². The maximum absolute atomic E-state index is 14.5. The lowest BCUT2D eigenvalue weighted by molar-refractivity contribution is -0.141. The molecule has 1 aromatic carbocycles. The molecule has 2 aliphatic heterocycles. The lowest BCUT2D eigenvalue weighted by Crippen LogP contribution is -2.52. The smallest absolute Gasteiger partial charge is 0.397 e. The molecule has 0 atom stereocenters. The number of imidazole rings is 1. The molecule has 0 radical (unpaired) electrons. The number of benzene rings is 1. The summed E-state index contributed by atoms with van der Waals surface area (Å²) in [6, 6.07) is 5.22. The number of alkyl halides is 3. The average molecular weight is 703 g/mol. The summed E-state index contributed by atoms with van der Waals surface area (Å²) in [6.45, 7) is 3.18. The van der Waals surface area contributed by atoms with Crippen LogP contribution in [0.4, 0.5) is 28.9 Å². The fourth-order valence-electron chi connectivity index (χ4n) is 5.94.